The molecule has 1 aliphatic heterocycles. The smallest absolute Gasteiger partial charge is 0.387 e. The molecule has 0 spiro atoms. The number of piperidine rings is 1. The van der Waals surface area contributed by atoms with E-state index in [-0.39, 0.29) is 23.6 Å². The zero-order valence-electron chi connectivity index (χ0n) is 13.4. The molecule has 0 saturated carbocycles. The van der Waals surface area contributed by atoms with E-state index in [0.717, 1.165) is 0 Å². The standard InChI is InChI=1S/C16H19F2NO5/c1-16(14(21)22)7-4-8-19(9-16)13(20)10-5-3-6-11(23-2)12(10)24-15(17)18/h3,5-6,15H,4,7-9H2,1-2H3,(H,21,22). The van der Waals surface area contributed by atoms with E-state index < -0.39 is 23.9 Å². The molecule has 1 heterocycles. The first kappa shape index (κ1) is 18.0. The molecule has 1 amide bonds. The third-order valence-electron chi connectivity index (χ3n) is 4.14. The summed E-state index contributed by atoms with van der Waals surface area (Å²) in [4.78, 5) is 25.5. The van der Waals surface area contributed by atoms with E-state index in [4.69, 9.17) is 4.74 Å². The lowest BCUT2D eigenvalue weighted by molar-refractivity contribution is -0.150. The first-order valence-electron chi connectivity index (χ1n) is 7.43. The number of methoxy groups -OCH3 is 1. The lowest BCUT2D eigenvalue weighted by atomic mass is 9.82. The van der Waals surface area contributed by atoms with Crippen LogP contribution in [0.4, 0.5) is 8.78 Å². The van der Waals surface area contributed by atoms with Crippen LogP contribution in [0.2, 0.25) is 0 Å². The second kappa shape index (κ2) is 7.02. The van der Waals surface area contributed by atoms with Crippen molar-refractivity contribution in [2.24, 2.45) is 5.41 Å². The van der Waals surface area contributed by atoms with E-state index in [1.165, 1.54) is 30.2 Å². The zero-order chi connectivity index (χ0) is 17.9. The Bertz CT molecular complexity index is 637. The minimum absolute atomic E-state index is 0.00644. The fraction of sp³-hybridized carbons (Fsp3) is 0.500. The fourth-order valence-electron chi connectivity index (χ4n) is 2.81. The minimum atomic E-state index is -3.11. The van der Waals surface area contributed by atoms with Gasteiger partial charge in [-0.15, -0.1) is 0 Å². The average Bonchev–Trinajstić information content (AvgIpc) is 2.53. The summed E-state index contributed by atoms with van der Waals surface area (Å²) in [6.07, 6.45) is 0.966. The molecule has 0 aliphatic carbocycles. The summed E-state index contributed by atoms with van der Waals surface area (Å²) in [6.45, 7) is -1.19. The molecule has 2 rings (SSSR count). The highest BCUT2D eigenvalue weighted by atomic mass is 19.3. The lowest BCUT2D eigenvalue weighted by Crippen LogP contribution is -2.48. The molecule has 1 fully saturated rings. The van der Waals surface area contributed by atoms with Crippen LogP contribution in [0.25, 0.3) is 0 Å². The number of aliphatic carboxylic acids is 1. The van der Waals surface area contributed by atoms with Crippen LogP contribution < -0.4 is 9.47 Å². The number of hydrogen-bond acceptors (Lipinski definition) is 4. The van der Waals surface area contributed by atoms with Gasteiger partial charge in [-0.05, 0) is 31.9 Å². The SMILES string of the molecule is COc1cccc(C(=O)N2CCCC(C)(C(=O)O)C2)c1OC(F)F. The van der Waals surface area contributed by atoms with E-state index in [2.05, 4.69) is 4.74 Å². The van der Waals surface area contributed by atoms with Crippen molar-refractivity contribution in [1.29, 1.82) is 0 Å². The maximum absolute atomic E-state index is 12.7. The van der Waals surface area contributed by atoms with Gasteiger partial charge < -0.3 is 19.5 Å². The molecular formula is C16H19F2NO5. The van der Waals surface area contributed by atoms with Crippen molar-refractivity contribution < 1.29 is 33.0 Å². The Morgan fingerprint density at radius 3 is 2.67 bits per heavy atom. The molecule has 132 valence electrons. The van der Waals surface area contributed by atoms with Crippen LogP contribution in [0.1, 0.15) is 30.1 Å². The molecular weight excluding hydrogens is 324 g/mol. The number of alkyl halides is 2. The number of carbonyl (C=O) groups is 2. The molecule has 0 aromatic heterocycles. The number of ether oxygens (including phenoxy) is 2. The quantitative estimate of drug-likeness (QED) is 0.889. The number of carboxylic acids is 1. The molecule has 1 aromatic carbocycles. The van der Waals surface area contributed by atoms with Crippen molar-refractivity contribution in [2.75, 3.05) is 20.2 Å². The van der Waals surface area contributed by atoms with Crippen molar-refractivity contribution in [3.05, 3.63) is 23.8 Å². The van der Waals surface area contributed by atoms with Gasteiger partial charge in [0.25, 0.3) is 5.91 Å². The number of carboxylic acid groups (broad SMARTS) is 1. The van der Waals surface area contributed by atoms with Gasteiger partial charge in [0.15, 0.2) is 11.5 Å². The predicted octanol–water partition coefficient (Wildman–Crippen LogP) is 2.62. The monoisotopic (exact) mass is 343 g/mol. The van der Waals surface area contributed by atoms with Crippen LogP contribution in [0.15, 0.2) is 18.2 Å². The predicted molar refractivity (Wildman–Crippen MR) is 80.5 cm³/mol. The van der Waals surface area contributed by atoms with E-state index in [9.17, 15) is 23.5 Å². The van der Waals surface area contributed by atoms with Gasteiger partial charge in [-0.2, -0.15) is 8.78 Å². The van der Waals surface area contributed by atoms with Gasteiger partial charge in [-0.1, -0.05) is 6.07 Å². The third-order valence-corrected chi connectivity index (χ3v) is 4.14. The Hall–Kier alpha value is -2.38. The van der Waals surface area contributed by atoms with Gasteiger partial charge in [0.05, 0.1) is 18.1 Å². The second-order valence-corrected chi connectivity index (χ2v) is 5.91. The van der Waals surface area contributed by atoms with Gasteiger partial charge in [0.1, 0.15) is 0 Å². The molecule has 0 radical (unpaired) electrons. The Kier molecular flexibility index (Phi) is 5.26. The van der Waals surface area contributed by atoms with Gasteiger partial charge in [0, 0.05) is 13.1 Å². The van der Waals surface area contributed by atoms with E-state index in [1.807, 2.05) is 0 Å². The van der Waals surface area contributed by atoms with Crippen LogP contribution in [-0.2, 0) is 4.79 Å². The molecule has 1 aliphatic rings. The maximum atomic E-state index is 12.7. The van der Waals surface area contributed by atoms with Crippen molar-refractivity contribution in [3.63, 3.8) is 0 Å². The average molecular weight is 343 g/mol. The van der Waals surface area contributed by atoms with E-state index in [0.29, 0.717) is 19.4 Å². The lowest BCUT2D eigenvalue weighted by Gasteiger charge is -2.37. The van der Waals surface area contributed by atoms with Crippen LogP contribution in [-0.4, -0.2) is 48.7 Å². The minimum Gasteiger partial charge on any atom is -0.493 e. The molecule has 1 unspecified atom stereocenters. The Balaban J connectivity index is 2.34. The van der Waals surface area contributed by atoms with Crippen molar-refractivity contribution in [2.45, 2.75) is 26.4 Å². The molecule has 1 N–H and O–H groups in total. The summed E-state index contributed by atoms with van der Waals surface area (Å²) < 4.78 is 34.8. The molecule has 6 nitrogen and oxygen atoms in total. The number of para-hydroxylation sites is 1. The number of benzene rings is 1. The Morgan fingerprint density at radius 2 is 2.08 bits per heavy atom. The highest BCUT2D eigenvalue weighted by molar-refractivity contribution is 5.98. The number of nitrogens with zero attached hydrogens (tertiary/aromatic N) is 1. The fourth-order valence-corrected chi connectivity index (χ4v) is 2.81. The summed E-state index contributed by atoms with van der Waals surface area (Å²) in [7, 11) is 1.28. The summed E-state index contributed by atoms with van der Waals surface area (Å²) >= 11 is 0. The van der Waals surface area contributed by atoms with Crippen LogP contribution in [0.5, 0.6) is 11.5 Å². The summed E-state index contributed by atoms with van der Waals surface area (Å²) in [5, 5.41) is 9.34. The number of halogens is 2. The van der Waals surface area contributed by atoms with E-state index >= 15 is 0 Å². The molecule has 1 saturated heterocycles. The van der Waals surface area contributed by atoms with Crippen LogP contribution >= 0.6 is 0 Å². The Morgan fingerprint density at radius 1 is 1.38 bits per heavy atom. The van der Waals surface area contributed by atoms with Crippen molar-refractivity contribution >= 4 is 11.9 Å². The highest BCUT2D eigenvalue weighted by Gasteiger charge is 2.40. The van der Waals surface area contributed by atoms with Gasteiger partial charge >= 0.3 is 12.6 Å². The Labute approximate surface area is 138 Å². The normalized spacial score (nSPS) is 20.8. The van der Waals surface area contributed by atoms with Gasteiger partial charge in [-0.25, -0.2) is 0 Å². The highest BCUT2D eigenvalue weighted by Crippen LogP contribution is 2.35. The number of likely N-dealkylation sites (tertiary alicyclic amines) is 1. The summed E-state index contributed by atoms with van der Waals surface area (Å²) in [6, 6.07) is 4.26. The number of carbonyl (C=O) groups excluding carboxylic acids is 1. The van der Waals surface area contributed by atoms with Crippen molar-refractivity contribution in [3.8, 4) is 11.5 Å². The largest absolute Gasteiger partial charge is 0.493 e. The second-order valence-electron chi connectivity index (χ2n) is 5.91. The van der Waals surface area contributed by atoms with Crippen LogP contribution in [0.3, 0.4) is 0 Å². The molecule has 24 heavy (non-hydrogen) atoms. The van der Waals surface area contributed by atoms with Crippen LogP contribution in [0, 0.1) is 5.41 Å². The number of amides is 1. The maximum Gasteiger partial charge on any atom is 0.387 e. The number of rotatable bonds is 5. The van der Waals surface area contributed by atoms with Crippen molar-refractivity contribution in [1.82, 2.24) is 4.90 Å². The molecule has 8 heteroatoms. The third kappa shape index (κ3) is 3.58. The van der Waals surface area contributed by atoms with Gasteiger partial charge in [0.2, 0.25) is 0 Å². The topological polar surface area (TPSA) is 76.1 Å². The van der Waals surface area contributed by atoms with E-state index in [1.54, 1.807) is 6.92 Å². The molecule has 1 aromatic rings. The van der Waals surface area contributed by atoms with Gasteiger partial charge in [-0.3, -0.25) is 9.59 Å². The first-order valence-corrected chi connectivity index (χ1v) is 7.43. The first-order chi connectivity index (χ1) is 11.3. The summed E-state index contributed by atoms with van der Waals surface area (Å²) in [5.74, 6) is -1.88. The zero-order valence-corrected chi connectivity index (χ0v) is 13.4. The summed E-state index contributed by atoms with van der Waals surface area (Å²) in [5.41, 5.74) is -1.14. The number of hydrogen-bond donors (Lipinski definition) is 1. The molecule has 0 bridgehead atoms. The molecule has 1 atom stereocenters.